The minimum atomic E-state index is -0.805. The van der Waals surface area contributed by atoms with Gasteiger partial charge in [0.2, 0.25) is 5.91 Å². The number of carbonyl (C=O) groups excluding carboxylic acids is 1. The molecule has 3 N–H and O–H groups in total. The van der Waals surface area contributed by atoms with Gasteiger partial charge in [-0.05, 0) is 117 Å². The van der Waals surface area contributed by atoms with Crippen LogP contribution in [0.2, 0.25) is 0 Å². The number of nitrogens with one attached hydrogen (secondary N) is 1. The lowest BCUT2D eigenvalue weighted by atomic mass is 9.44. The van der Waals surface area contributed by atoms with E-state index in [1.165, 1.54) is 44.9 Å². The van der Waals surface area contributed by atoms with Crippen molar-refractivity contribution >= 4 is 11.9 Å². The van der Waals surface area contributed by atoms with Crippen LogP contribution in [0.1, 0.15) is 104 Å². The number of carbonyl (C=O) groups is 2. The first-order valence-corrected chi connectivity index (χ1v) is 13.8. The fraction of sp³-hybridized carbons (Fsp3) is 0.929. The second-order valence-corrected chi connectivity index (χ2v) is 12.7. The summed E-state index contributed by atoms with van der Waals surface area (Å²) in [6, 6.07) is 0. The molecule has 9 atom stereocenters. The number of carboxylic acids is 1. The van der Waals surface area contributed by atoms with E-state index in [1.54, 1.807) is 0 Å². The number of carboxylic acid groups (broad SMARTS) is 1. The average molecular weight is 462 g/mol. The molecular formula is C28H47NO4. The van der Waals surface area contributed by atoms with E-state index < -0.39 is 5.97 Å². The minimum Gasteiger partial charge on any atom is -0.481 e. The maximum Gasteiger partial charge on any atom is 0.303 e. The first-order valence-electron chi connectivity index (χ1n) is 13.8. The van der Waals surface area contributed by atoms with Crippen LogP contribution in [0.4, 0.5) is 0 Å². The summed E-state index contributed by atoms with van der Waals surface area (Å²) in [5.41, 5.74) is 0.849. The molecule has 0 aromatic rings. The number of hydrogen-bond donors (Lipinski definition) is 3. The third-order valence-electron chi connectivity index (χ3n) is 11.1. The number of fused-ring (bicyclic) bond motifs is 5. The van der Waals surface area contributed by atoms with Gasteiger partial charge in [0.1, 0.15) is 0 Å². The third kappa shape index (κ3) is 4.86. The van der Waals surface area contributed by atoms with E-state index in [-0.39, 0.29) is 18.4 Å². The van der Waals surface area contributed by atoms with Crippen LogP contribution in [0, 0.1) is 46.3 Å². The number of rotatable bonds is 8. The molecule has 0 saturated heterocycles. The van der Waals surface area contributed by atoms with Gasteiger partial charge in [0.05, 0.1) is 6.10 Å². The van der Waals surface area contributed by atoms with Gasteiger partial charge >= 0.3 is 5.97 Å². The molecule has 0 aliphatic heterocycles. The summed E-state index contributed by atoms with van der Waals surface area (Å²) >= 11 is 0. The lowest BCUT2D eigenvalue weighted by molar-refractivity contribution is -0.137. The van der Waals surface area contributed by atoms with Gasteiger partial charge < -0.3 is 15.5 Å². The SMILES string of the molecule is C[C@H](CCC(=O)NCCCC(=O)O)[C@H]1CC[C@H]2[C@@H]3CCC4C[C@H](O)CC[C@]4(C)[C@H]3CC[C@]12C. The largest absolute Gasteiger partial charge is 0.481 e. The molecule has 0 bridgehead atoms. The Hall–Kier alpha value is -1.10. The van der Waals surface area contributed by atoms with Crippen LogP contribution < -0.4 is 5.32 Å². The molecule has 0 heterocycles. The molecule has 1 unspecified atom stereocenters. The molecular weight excluding hydrogens is 414 g/mol. The molecule has 0 spiro atoms. The second-order valence-electron chi connectivity index (χ2n) is 12.7. The predicted octanol–water partition coefficient (Wildman–Crippen LogP) is 5.40. The Labute approximate surface area is 200 Å². The van der Waals surface area contributed by atoms with Crippen LogP contribution in [-0.4, -0.2) is 34.7 Å². The van der Waals surface area contributed by atoms with Gasteiger partial charge in [-0.1, -0.05) is 20.8 Å². The van der Waals surface area contributed by atoms with Gasteiger partial charge in [-0.2, -0.15) is 0 Å². The van der Waals surface area contributed by atoms with Gasteiger partial charge in [0.25, 0.3) is 0 Å². The Balaban J connectivity index is 1.33. The van der Waals surface area contributed by atoms with E-state index in [1.807, 2.05) is 0 Å². The normalized spacial score (nSPS) is 43.2. The average Bonchev–Trinajstić information content (AvgIpc) is 3.12. The van der Waals surface area contributed by atoms with Crippen molar-refractivity contribution in [2.45, 2.75) is 110 Å². The van der Waals surface area contributed by atoms with Crippen molar-refractivity contribution in [1.29, 1.82) is 0 Å². The fourth-order valence-corrected chi connectivity index (χ4v) is 9.33. The quantitative estimate of drug-likeness (QED) is 0.422. The molecule has 4 aliphatic carbocycles. The highest BCUT2D eigenvalue weighted by Crippen LogP contribution is 2.68. The van der Waals surface area contributed by atoms with Gasteiger partial charge in [-0.15, -0.1) is 0 Å². The van der Waals surface area contributed by atoms with E-state index in [0.717, 1.165) is 42.9 Å². The summed E-state index contributed by atoms with van der Waals surface area (Å²) in [5, 5.41) is 21.9. The zero-order chi connectivity index (χ0) is 23.8. The first-order chi connectivity index (χ1) is 15.6. The van der Waals surface area contributed by atoms with Crippen molar-refractivity contribution in [2.75, 3.05) is 6.54 Å². The zero-order valence-corrected chi connectivity index (χ0v) is 21.2. The van der Waals surface area contributed by atoms with Crippen molar-refractivity contribution < 1.29 is 19.8 Å². The van der Waals surface area contributed by atoms with E-state index in [0.29, 0.717) is 42.1 Å². The van der Waals surface area contributed by atoms with Crippen molar-refractivity contribution in [1.82, 2.24) is 5.32 Å². The summed E-state index contributed by atoms with van der Waals surface area (Å²) < 4.78 is 0. The smallest absolute Gasteiger partial charge is 0.303 e. The van der Waals surface area contributed by atoms with Crippen molar-refractivity contribution in [3.63, 3.8) is 0 Å². The summed E-state index contributed by atoms with van der Waals surface area (Å²) in [5.74, 6) is 3.78. The third-order valence-corrected chi connectivity index (χ3v) is 11.1. The van der Waals surface area contributed by atoms with E-state index >= 15 is 0 Å². The highest BCUT2D eigenvalue weighted by molar-refractivity contribution is 5.75. The molecule has 188 valence electrons. The number of aliphatic hydroxyl groups is 1. The molecule has 4 fully saturated rings. The number of amides is 1. The van der Waals surface area contributed by atoms with Crippen LogP contribution in [-0.2, 0) is 9.59 Å². The number of hydrogen-bond acceptors (Lipinski definition) is 3. The van der Waals surface area contributed by atoms with Crippen molar-refractivity contribution in [3.05, 3.63) is 0 Å². The summed E-state index contributed by atoms with van der Waals surface area (Å²) in [4.78, 5) is 22.9. The van der Waals surface area contributed by atoms with Crippen LogP contribution in [0.15, 0.2) is 0 Å². The molecule has 0 aromatic heterocycles. The van der Waals surface area contributed by atoms with Crippen LogP contribution in [0.5, 0.6) is 0 Å². The fourth-order valence-electron chi connectivity index (χ4n) is 9.33. The topological polar surface area (TPSA) is 86.6 Å². The van der Waals surface area contributed by atoms with Gasteiger partial charge in [-0.3, -0.25) is 9.59 Å². The monoisotopic (exact) mass is 461 g/mol. The van der Waals surface area contributed by atoms with Gasteiger partial charge in [0.15, 0.2) is 0 Å². The summed E-state index contributed by atoms with van der Waals surface area (Å²) in [6.45, 7) is 7.96. The molecule has 5 heteroatoms. The van der Waals surface area contributed by atoms with E-state index in [4.69, 9.17) is 5.11 Å². The highest BCUT2D eigenvalue weighted by Gasteiger charge is 2.60. The molecule has 0 aromatic carbocycles. The summed E-state index contributed by atoms with van der Waals surface area (Å²) in [6.07, 6.45) is 13.3. The summed E-state index contributed by atoms with van der Waals surface area (Å²) in [7, 11) is 0. The van der Waals surface area contributed by atoms with E-state index in [2.05, 4.69) is 26.1 Å². The Morgan fingerprint density at radius 1 is 0.970 bits per heavy atom. The second kappa shape index (κ2) is 9.87. The standard InChI is InChI=1S/C28H47NO4/c1-18(6-11-25(31)29-16-4-5-26(32)33)22-9-10-23-21-8-7-19-17-20(30)12-14-27(19,2)24(21)13-15-28(22,23)3/h18-24,30H,4-17H2,1-3H3,(H,29,31)(H,32,33)/t18-,19?,20-,21+,22-,23+,24+,27+,28-/m1/s1. The molecule has 0 radical (unpaired) electrons. The molecule has 4 saturated carbocycles. The van der Waals surface area contributed by atoms with Gasteiger partial charge in [-0.25, -0.2) is 0 Å². The molecule has 4 aliphatic rings. The maximum atomic E-state index is 12.3. The number of aliphatic carboxylic acids is 1. The highest BCUT2D eigenvalue weighted by atomic mass is 16.4. The lowest BCUT2D eigenvalue weighted by Gasteiger charge is -2.61. The first kappa shape index (κ1) is 25.0. The molecule has 4 rings (SSSR count). The molecule has 5 nitrogen and oxygen atoms in total. The lowest BCUT2D eigenvalue weighted by Crippen LogP contribution is -2.54. The van der Waals surface area contributed by atoms with Crippen molar-refractivity contribution in [2.24, 2.45) is 46.3 Å². The Morgan fingerprint density at radius 2 is 1.70 bits per heavy atom. The van der Waals surface area contributed by atoms with Crippen LogP contribution >= 0.6 is 0 Å². The van der Waals surface area contributed by atoms with Gasteiger partial charge in [0, 0.05) is 19.4 Å². The Kier molecular flexibility index (Phi) is 7.48. The van der Waals surface area contributed by atoms with Crippen LogP contribution in [0.25, 0.3) is 0 Å². The predicted molar refractivity (Wildman–Crippen MR) is 130 cm³/mol. The Bertz CT molecular complexity index is 725. The van der Waals surface area contributed by atoms with Crippen LogP contribution in [0.3, 0.4) is 0 Å². The van der Waals surface area contributed by atoms with E-state index in [9.17, 15) is 14.7 Å². The zero-order valence-electron chi connectivity index (χ0n) is 21.2. The minimum absolute atomic E-state index is 0.0699. The molecule has 1 amide bonds. The van der Waals surface area contributed by atoms with Crippen molar-refractivity contribution in [3.8, 4) is 0 Å². The Morgan fingerprint density at radius 3 is 2.45 bits per heavy atom. The number of aliphatic hydroxyl groups excluding tert-OH is 1. The molecule has 33 heavy (non-hydrogen) atoms. The maximum absolute atomic E-state index is 12.3.